The number of rotatable bonds is 6. The standard InChI is InChI=1S/C14H22O/c1-3-14(15)12(2)8-7-11-13-9-5-4-6-10-13/h4-6,9-10,12,14-15H,3,7-8,11H2,1-2H3. The first-order valence-corrected chi connectivity index (χ1v) is 5.96. The predicted octanol–water partition coefficient (Wildman–Crippen LogP) is 3.42. The molecule has 0 aliphatic heterocycles. The number of hydrogen-bond acceptors (Lipinski definition) is 1. The fourth-order valence-electron chi connectivity index (χ4n) is 1.87. The summed E-state index contributed by atoms with van der Waals surface area (Å²) in [5.41, 5.74) is 1.40. The molecule has 0 fully saturated rings. The molecule has 1 aromatic carbocycles. The molecule has 0 aromatic heterocycles. The molecule has 1 rings (SSSR count). The average Bonchev–Trinajstić information content (AvgIpc) is 2.29. The van der Waals surface area contributed by atoms with Crippen LogP contribution in [0.1, 0.15) is 38.7 Å². The van der Waals surface area contributed by atoms with E-state index in [1.807, 2.05) is 13.0 Å². The van der Waals surface area contributed by atoms with Gasteiger partial charge in [0.25, 0.3) is 0 Å². The van der Waals surface area contributed by atoms with E-state index in [1.165, 1.54) is 12.0 Å². The molecule has 0 saturated heterocycles. The minimum atomic E-state index is -0.124. The molecular weight excluding hydrogens is 184 g/mol. The molecule has 84 valence electrons. The highest BCUT2D eigenvalue weighted by Crippen LogP contribution is 2.15. The molecule has 0 aliphatic carbocycles. The van der Waals surface area contributed by atoms with Crippen molar-refractivity contribution in [2.45, 2.75) is 45.6 Å². The molecule has 1 heteroatoms. The van der Waals surface area contributed by atoms with Crippen LogP contribution in [0.25, 0.3) is 0 Å². The summed E-state index contributed by atoms with van der Waals surface area (Å²) in [7, 11) is 0. The predicted molar refractivity (Wildman–Crippen MR) is 64.8 cm³/mol. The van der Waals surface area contributed by atoms with Crippen LogP contribution in [0.4, 0.5) is 0 Å². The van der Waals surface area contributed by atoms with Crippen LogP contribution in [0, 0.1) is 5.92 Å². The summed E-state index contributed by atoms with van der Waals surface area (Å²) in [5, 5.41) is 9.62. The van der Waals surface area contributed by atoms with Gasteiger partial charge in [0, 0.05) is 0 Å². The van der Waals surface area contributed by atoms with Crippen molar-refractivity contribution >= 4 is 0 Å². The molecule has 0 bridgehead atoms. The SMILES string of the molecule is CCC(O)C(C)CCCc1ccccc1. The first-order valence-electron chi connectivity index (χ1n) is 5.96. The van der Waals surface area contributed by atoms with Crippen molar-refractivity contribution in [1.29, 1.82) is 0 Å². The molecule has 1 aromatic rings. The third-order valence-electron chi connectivity index (χ3n) is 3.04. The van der Waals surface area contributed by atoms with Gasteiger partial charge in [-0.3, -0.25) is 0 Å². The fourth-order valence-corrected chi connectivity index (χ4v) is 1.87. The van der Waals surface area contributed by atoms with Gasteiger partial charge in [-0.25, -0.2) is 0 Å². The van der Waals surface area contributed by atoms with Gasteiger partial charge in [-0.15, -0.1) is 0 Å². The number of aliphatic hydroxyl groups excluding tert-OH is 1. The van der Waals surface area contributed by atoms with Crippen LogP contribution < -0.4 is 0 Å². The minimum Gasteiger partial charge on any atom is -0.393 e. The Kier molecular flexibility index (Phi) is 5.41. The maximum Gasteiger partial charge on any atom is 0.0563 e. The molecule has 2 atom stereocenters. The minimum absolute atomic E-state index is 0.124. The second kappa shape index (κ2) is 6.62. The van der Waals surface area contributed by atoms with Gasteiger partial charge in [0.2, 0.25) is 0 Å². The lowest BCUT2D eigenvalue weighted by Crippen LogP contribution is -2.16. The van der Waals surface area contributed by atoms with Crippen LogP contribution in [0.15, 0.2) is 30.3 Å². The topological polar surface area (TPSA) is 20.2 Å². The zero-order chi connectivity index (χ0) is 11.1. The molecular formula is C14H22O. The molecule has 1 nitrogen and oxygen atoms in total. The van der Waals surface area contributed by atoms with Crippen LogP contribution >= 0.6 is 0 Å². The van der Waals surface area contributed by atoms with Gasteiger partial charge in [-0.2, -0.15) is 0 Å². The van der Waals surface area contributed by atoms with E-state index in [4.69, 9.17) is 0 Å². The van der Waals surface area contributed by atoms with Gasteiger partial charge in [0.15, 0.2) is 0 Å². The summed E-state index contributed by atoms with van der Waals surface area (Å²) >= 11 is 0. The summed E-state index contributed by atoms with van der Waals surface area (Å²) < 4.78 is 0. The zero-order valence-corrected chi connectivity index (χ0v) is 9.82. The third-order valence-corrected chi connectivity index (χ3v) is 3.04. The quantitative estimate of drug-likeness (QED) is 0.756. The van der Waals surface area contributed by atoms with E-state index in [0.29, 0.717) is 5.92 Å². The maximum atomic E-state index is 9.62. The van der Waals surface area contributed by atoms with Gasteiger partial charge in [0.1, 0.15) is 0 Å². The molecule has 15 heavy (non-hydrogen) atoms. The van der Waals surface area contributed by atoms with Gasteiger partial charge in [-0.1, -0.05) is 44.2 Å². The first kappa shape index (κ1) is 12.3. The third kappa shape index (κ3) is 4.48. The molecule has 0 radical (unpaired) electrons. The second-order valence-electron chi connectivity index (χ2n) is 4.33. The van der Waals surface area contributed by atoms with Crippen molar-refractivity contribution in [3.63, 3.8) is 0 Å². The smallest absolute Gasteiger partial charge is 0.0563 e. The van der Waals surface area contributed by atoms with Gasteiger partial charge in [0.05, 0.1) is 6.10 Å². The Hall–Kier alpha value is -0.820. The Morgan fingerprint density at radius 1 is 1.20 bits per heavy atom. The molecule has 0 aliphatic rings. The molecule has 0 saturated carbocycles. The Bertz CT molecular complexity index is 255. The van der Waals surface area contributed by atoms with Gasteiger partial charge in [-0.05, 0) is 37.2 Å². The Morgan fingerprint density at radius 3 is 2.47 bits per heavy atom. The summed E-state index contributed by atoms with van der Waals surface area (Å²) in [6.07, 6.45) is 4.15. The lowest BCUT2D eigenvalue weighted by atomic mass is 9.95. The lowest BCUT2D eigenvalue weighted by molar-refractivity contribution is 0.107. The van der Waals surface area contributed by atoms with E-state index in [0.717, 1.165) is 19.3 Å². The average molecular weight is 206 g/mol. The monoisotopic (exact) mass is 206 g/mol. The van der Waals surface area contributed by atoms with Crippen molar-refractivity contribution < 1.29 is 5.11 Å². The molecule has 0 spiro atoms. The van der Waals surface area contributed by atoms with E-state index < -0.39 is 0 Å². The largest absolute Gasteiger partial charge is 0.393 e. The Morgan fingerprint density at radius 2 is 1.87 bits per heavy atom. The van der Waals surface area contributed by atoms with Crippen molar-refractivity contribution in [3.8, 4) is 0 Å². The molecule has 1 N–H and O–H groups in total. The van der Waals surface area contributed by atoms with E-state index >= 15 is 0 Å². The highest BCUT2D eigenvalue weighted by atomic mass is 16.3. The van der Waals surface area contributed by atoms with Crippen LogP contribution in [0.3, 0.4) is 0 Å². The Balaban J connectivity index is 2.22. The van der Waals surface area contributed by atoms with Crippen LogP contribution in [-0.4, -0.2) is 11.2 Å². The number of aliphatic hydroxyl groups is 1. The van der Waals surface area contributed by atoms with E-state index in [9.17, 15) is 5.11 Å². The first-order chi connectivity index (χ1) is 7.24. The maximum absolute atomic E-state index is 9.62. The van der Waals surface area contributed by atoms with Crippen molar-refractivity contribution in [2.75, 3.05) is 0 Å². The summed E-state index contributed by atoms with van der Waals surface area (Å²) in [4.78, 5) is 0. The van der Waals surface area contributed by atoms with Gasteiger partial charge < -0.3 is 5.11 Å². The molecule has 0 heterocycles. The van der Waals surface area contributed by atoms with Crippen molar-refractivity contribution in [2.24, 2.45) is 5.92 Å². The van der Waals surface area contributed by atoms with Crippen LogP contribution in [-0.2, 0) is 6.42 Å². The number of hydrogen-bond donors (Lipinski definition) is 1. The summed E-state index contributed by atoms with van der Waals surface area (Å²) in [6.45, 7) is 4.18. The molecule has 0 amide bonds. The highest BCUT2D eigenvalue weighted by molar-refractivity contribution is 5.14. The van der Waals surface area contributed by atoms with Crippen molar-refractivity contribution in [1.82, 2.24) is 0 Å². The zero-order valence-electron chi connectivity index (χ0n) is 9.82. The number of benzene rings is 1. The summed E-state index contributed by atoms with van der Waals surface area (Å²) in [6, 6.07) is 10.5. The van der Waals surface area contributed by atoms with E-state index in [2.05, 4.69) is 31.2 Å². The normalized spacial score (nSPS) is 14.9. The highest BCUT2D eigenvalue weighted by Gasteiger charge is 2.10. The molecule has 2 unspecified atom stereocenters. The van der Waals surface area contributed by atoms with Gasteiger partial charge >= 0.3 is 0 Å². The van der Waals surface area contributed by atoms with Crippen molar-refractivity contribution in [3.05, 3.63) is 35.9 Å². The summed E-state index contributed by atoms with van der Waals surface area (Å²) in [5.74, 6) is 0.429. The Labute approximate surface area is 93.1 Å². The van der Waals surface area contributed by atoms with Crippen LogP contribution in [0.2, 0.25) is 0 Å². The number of aryl methyl sites for hydroxylation is 1. The second-order valence-corrected chi connectivity index (χ2v) is 4.33. The van der Waals surface area contributed by atoms with Crippen LogP contribution in [0.5, 0.6) is 0 Å². The fraction of sp³-hybridized carbons (Fsp3) is 0.571. The van der Waals surface area contributed by atoms with E-state index in [1.54, 1.807) is 0 Å². The lowest BCUT2D eigenvalue weighted by Gasteiger charge is -2.16. The van der Waals surface area contributed by atoms with E-state index in [-0.39, 0.29) is 6.10 Å².